The van der Waals surface area contributed by atoms with E-state index in [9.17, 15) is 9.18 Å². The van der Waals surface area contributed by atoms with Crippen LogP contribution in [-0.2, 0) is 4.79 Å². The summed E-state index contributed by atoms with van der Waals surface area (Å²) in [7, 11) is 3.90. The Morgan fingerprint density at radius 2 is 1.76 bits per heavy atom. The number of halogens is 1. The number of amides is 1. The van der Waals surface area contributed by atoms with Crippen LogP contribution in [0.15, 0.2) is 48.5 Å². The van der Waals surface area contributed by atoms with Crippen molar-refractivity contribution >= 4 is 23.0 Å². The quantitative estimate of drug-likeness (QED) is 0.888. The number of carbonyl (C=O) groups excluding carboxylic acids is 1. The van der Waals surface area contributed by atoms with Gasteiger partial charge in [0, 0.05) is 25.5 Å². The molecule has 0 saturated heterocycles. The number of para-hydroxylation sites is 1. The Kier molecular flexibility index (Phi) is 4.77. The summed E-state index contributed by atoms with van der Waals surface area (Å²) in [6.45, 7) is 0.0103. The van der Waals surface area contributed by atoms with Crippen LogP contribution in [0.25, 0.3) is 0 Å². The molecule has 2 aromatic rings. The van der Waals surface area contributed by atoms with Crippen LogP contribution in [0, 0.1) is 5.82 Å². The Balaban J connectivity index is 1.88. The largest absolute Gasteiger partial charge is 0.378 e. The van der Waals surface area contributed by atoms with Gasteiger partial charge in [-0.3, -0.25) is 4.79 Å². The van der Waals surface area contributed by atoms with Crippen LogP contribution >= 0.6 is 0 Å². The van der Waals surface area contributed by atoms with E-state index in [0.29, 0.717) is 11.4 Å². The molecule has 0 unspecified atom stereocenters. The fourth-order valence-corrected chi connectivity index (χ4v) is 1.83. The summed E-state index contributed by atoms with van der Waals surface area (Å²) in [4.78, 5) is 13.8. The fourth-order valence-electron chi connectivity index (χ4n) is 1.83. The molecule has 2 rings (SSSR count). The van der Waals surface area contributed by atoms with Crippen molar-refractivity contribution in [2.24, 2.45) is 0 Å². The Labute approximate surface area is 123 Å². The molecule has 0 heterocycles. The first-order valence-electron chi connectivity index (χ1n) is 6.62. The third-order valence-electron chi connectivity index (χ3n) is 2.98. The average Bonchev–Trinajstić information content (AvgIpc) is 2.47. The van der Waals surface area contributed by atoms with Gasteiger partial charge in [0.25, 0.3) is 0 Å². The fraction of sp³-hybridized carbons (Fsp3) is 0.188. The lowest BCUT2D eigenvalue weighted by Gasteiger charge is -2.13. The van der Waals surface area contributed by atoms with E-state index in [1.54, 1.807) is 18.2 Å². The van der Waals surface area contributed by atoms with E-state index in [2.05, 4.69) is 10.6 Å². The molecule has 0 aliphatic rings. The zero-order chi connectivity index (χ0) is 15.2. The van der Waals surface area contributed by atoms with Crippen molar-refractivity contribution in [3.8, 4) is 0 Å². The first-order valence-corrected chi connectivity index (χ1v) is 6.62. The molecule has 0 radical (unpaired) electrons. The second kappa shape index (κ2) is 6.74. The summed E-state index contributed by atoms with van der Waals surface area (Å²) < 4.78 is 13.4. The first kappa shape index (κ1) is 14.8. The molecular weight excluding hydrogens is 269 g/mol. The van der Waals surface area contributed by atoms with Crippen molar-refractivity contribution < 1.29 is 9.18 Å². The Hall–Kier alpha value is -2.56. The van der Waals surface area contributed by atoms with E-state index in [-0.39, 0.29) is 18.3 Å². The number of rotatable bonds is 5. The third kappa shape index (κ3) is 4.21. The Morgan fingerprint density at radius 1 is 1.10 bits per heavy atom. The van der Waals surface area contributed by atoms with Crippen molar-refractivity contribution in [2.45, 2.75) is 0 Å². The maximum absolute atomic E-state index is 13.4. The minimum atomic E-state index is -0.374. The van der Waals surface area contributed by atoms with Gasteiger partial charge in [-0.1, -0.05) is 12.1 Å². The molecule has 4 nitrogen and oxygen atoms in total. The van der Waals surface area contributed by atoms with Crippen molar-refractivity contribution in [1.29, 1.82) is 0 Å². The van der Waals surface area contributed by atoms with Crippen molar-refractivity contribution in [1.82, 2.24) is 0 Å². The second-order valence-electron chi connectivity index (χ2n) is 4.82. The van der Waals surface area contributed by atoms with Crippen molar-refractivity contribution in [3.05, 3.63) is 54.3 Å². The molecule has 0 saturated carbocycles. The highest BCUT2D eigenvalue weighted by molar-refractivity contribution is 5.93. The van der Waals surface area contributed by atoms with Gasteiger partial charge in [0.15, 0.2) is 0 Å². The first-order chi connectivity index (χ1) is 10.1. The second-order valence-corrected chi connectivity index (χ2v) is 4.82. The maximum Gasteiger partial charge on any atom is 0.243 e. The van der Waals surface area contributed by atoms with E-state index >= 15 is 0 Å². The highest BCUT2D eigenvalue weighted by atomic mass is 19.1. The predicted molar refractivity (Wildman–Crippen MR) is 84.3 cm³/mol. The number of carbonyl (C=O) groups is 1. The number of hydrogen-bond donors (Lipinski definition) is 2. The predicted octanol–water partition coefficient (Wildman–Crippen LogP) is 2.94. The minimum absolute atomic E-state index is 0.0103. The standard InChI is InChI=1S/C16H18FN3O/c1-20(2)13-9-7-12(8-10-13)19-16(21)11-18-15-6-4-3-5-14(15)17/h3-10,18H,11H2,1-2H3,(H,19,21). The summed E-state index contributed by atoms with van der Waals surface area (Å²) in [5, 5.41) is 5.52. The van der Waals surface area contributed by atoms with Gasteiger partial charge in [0.1, 0.15) is 5.82 Å². The highest BCUT2D eigenvalue weighted by Crippen LogP contribution is 2.16. The van der Waals surface area contributed by atoms with Gasteiger partial charge < -0.3 is 15.5 Å². The van der Waals surface area contributed by atoms with E-state index in [1.807, 2.05) is 43.3 Å². The van der Waals surface area contributed by atoms with Crippen LogP contribution in [0.5, 0.6) is 0 Å². The van der Waals surface area contributed by atoms with E-state index in [1.165, 1.54) is 6.07 Å². The van der Waals surface area contributed by atoms with Crippen molar-refractivity contribution in [3.63, 3.8) is 0 Å². The van der Waals surface area contributed by atoms with E-state index in [0.717, 1.165) is 5.69 Å². The molecule has 2 N–H and O–H groups in total. The number of hydrogen-bond acceptors (Lipinski definition) is 3. The lowest BCUT2D eigenvalue weighted by molar-refractivity contribution is -0.114. The van der Waals surface area contributed by atoms with Crippen LogP contribution < -0.4 is 15.5 Å². The molecule has 0 aliphatic carbocycles. The molecule has 1 amide bonds. The van der Waals surface area contributed by atoms with Crippen molar-refractivity contribution in [2.75, 3.05) is 36.2 Å². The number of nitrogens with one attached hydrogen (secondary N) is 2. The molecule has 0 atom stereocenters. The smallest absolute Gasteiger partial charge is 0.243 e. The van der Waals surface area contributed by atoms with Gasteiger partial charge in [-0.15, -0.1) is 0 Å². The lowest BCUT2D eigenvalue weighted by Crippen LogP contribution is -2.22. The molecule has 0 aromatic heterocycles. The van der Waals surface area contributed by atoms with Gasteiger partial charge in [-0.2, -0.15) is 0 Å². The third-order valence-corrected chi connectivity index (χ3v) is 2.98. The SMILES string of the molecule is CN(C)c1ccc(NC(=O)CNc2ccccc2F)cc1. The zero-order valence-electron chi connectivity index (χ0n) is 12.1. The van der Waals surface area contributed by atoms with Crippen LogP contribution in [0.4, 0.5) is 21.5 Å². The molecule has 2 aromatic carbocycles. The van der Waals surface area contributed by atoms with E-state index in [4.69, 9.17) is 0 Å². The van der Waals surface area contributed by atoms with Gasteiger partial charge in [0.05, 0.1) is 12.2 Å². The van der Waals surface area contributed by atoms with Gasteiger partial charge in [-0.05, 0) is 36.4 Å². The van der Waals surface area contributed by atoms with Gasteiger partial charge >= 0.3 is 0 Å². The summed E-state index contributed by atoms with van der Waals surface area (Å²) in [6.07, 6.45) is 0. The average molecular weight is 287 g/mol. The van der Waals surface area contributed by atoms with Crippen LogP contribution in [-0.4, -0.2) is 26.5 Å². The Morgan fingerprint density at radius 3 is 2.38 bits per heavy atom. The zero-order valence-corrected chi connectivity index (χ0v) is 12.1. The maximum atomic E-state index is 13.4. The topological polar surface area (TPSA) is 44.4 Å². The molecule has 0 aliphatic heterocycles. The van der Waals surface area contributed by atoms with E-state index < -0.39 is 0 Å². The number of anilines is 3. The monoisotopic (exact) mass is 287 g/mol. The van der Waals surface area contributed by atoms with Gasteiger partial charge in [-0.25, -0.2) is 4.39 Å². The van der Waals surface area contributed by atoms with Crippen LogP contribution in [0.3, 0.4) is 0 Å². The lowest BCUT2D eigenvalue weighted by atomic mass is 10.2. The summed E-state index contributed by atoms with van der Waals surface area (Å²) in [5.74, 6) is -0.600. The molecule has 0 spiro atoms. The summed E-state index contributed by atoms with van der Waals surface area (Å²) in [6, 6.07) is 13.7. The molecular formula is C16H18FN3O. The summed E-state index contributed by atoms with van der Waals surface area (Å²) in [5.41, 5.74) is 2.08. The highest BCUT2D eigenvalue weighted by Gasteiger charge is 2.05. The molecule has 110 valence electrons. The summed E-state index contributed by atoms with van der Waals surface area (Å²) >= 11 is 0. The minimum Gasteiger partial charge on any atom is -0.378 e. The van der Waals surface area contributed by atoms with Crippen LogP contribution in [0.2, 0.25) is 0 Å². The number of benzene rings is 2. The number of nitrogens with zero attached hydrogens (tertiary/aromatic N) is 1. The van der Waals surface area contributed by atoms with Gasteiger partial charge in [0.2, 0.25) is 5.91 Å². The molecule has 21 heavy (non-hydrogen) atoms. The normalized spacial score (nSPS) is 10.0. The molecule has 0 bridgehead atoms. The Bertz CT molecular complexity index is 611. The molecule has 0 fully saturated rings. The van der Waals surface area contributed by atoms with Crippen LogP contribution in [0.1, 0.15) is 0 Å². The molecule has 5 heteroatoms.